The van der Waals surface area contributed by atoms with E-state index in [-0.39, 0.29) is 138 Å². The van der Waals surface area contributed by atoms with Crippen LogP contribution >= 0.6 is 0 Å². The van der Waals surface area contributed by atoms with Crippen LogP contribution in [-0.4, -0.2) is 48.9 Å². The summed E-state index contributed by atoms with van der Waals surface area (Å²) in [7, 11) is 0. The Balaban J connectivity index is 0. The van der Waals surface area contributed by atoms with Crippen molar-refractivity contribution < 1.29 is 88.7 Å². The average molecular weight is 206 g/mol. The molecular weight excluding hydrogens is 206 g/mol. The Morgan fingerprint density at radius 1 is 0.500 bits per heavy atom. The van der Waals surface area contributed by atoms with Crippen LogP contribution in [0.5, 0.6) is 0 Å². The molecule has 0 amide bonds. The van der Waals surface area contributed by atoms with Gasteiger partial charge in [0.1, 0.15) is 0 Å². The van der Waals surface area contributed by atoms with Gasteiger partial charge in [0.05, 0.1) is 0 Å². The fourth-order valence-corrected chi connectivity index (χ4v) is 0. The van der Waals surface area contributed by atoms with Gasteiger partial charge in [0, 0.05) is 0 Å². The molecule has 4 heavy (non-hydrogen) atoms. The molecule has 0 unspecified atom stereocenters. The molecule has 0 aliphatic heterocycles. The number of hydrogen-bond acceptors (Lipinski definition) is 0. The van der Waals surface area contributed by atoms with Crippen LogP contribution in [-0.2, 0) is 0 Å². The Labute approximate surface area is 133 Å². The molecule has 0 aromatic rings. The van der Waals surface area contributed by atoms with E-state index in [1.165, 1.54) is 0 Å². The molecule has 0 atom stereocenters. The van der Waals surface area contributed by atoms with Crippen molar-refractivity contribution in [1.29, 1.82) is 0 Å². The van der Waals surface area contributed by atoms with E-state index < -0.39 is 0 Å². The van der Waals surface area contributed by atoms with Crippen LogP contribution in [0.4, 0.5) is 0 Å². The van der Waals surface area contributed by atoms with Crippen molar-refractivity contribution in [2.45, 2.75) is 0 Å². The minimum absolute atomic E-state index is 0. The zero-order valence-electron chi connectivity index (χ0n) is 3.71. The molecule has 0 saturated heterocycles. The van der Waals surface area contributed by atoms with E-state index in [1.54, 1.807) is 0 Å². The monoisotopic (exact) mass is 207 g/mol. The molecule has 0 fully saturated rings. The quantitative estimate of drug-likeness (QED) is 0.345. The molecule has 0 radical (unpaired) electrons. The van der Waals surface area contributed by atoms with Gasteiger partial charge < -0.3 is 0 Å². The molecule has 0 N–H and O–H groups in total. The molecule has 0 saturated carbocycles. The molecule has 4 heteroatoms. The maximum atomic E-state index is 0. The van der Waals surface area contributed by atoms with Crippen LogP contribution in [0.25, 0.3) is 0 Å². The normalized spacial score (nSPS) is 0. The molecule has 0 heterocycles. The van der Waals surface area contributed by atoms with Gasteiger partial charge in [0.15, 0.2) is 0 Å². The summed E-state index contributed by atoms with van der Waals surface area (Å²) in [4.78, 5) is 0. The standard InChI is InChI=1S/Ba.3Na/q+2;3*+1. The maximum Gasteiger partial charge on any atom is 2.00 e. The van der Waals surface area contributed by atoms with Gasteiger partial charge in [-0.05, 0) is 0 Å². The summed E-state index contributed by atoms with van der Waals surface area (Å²) in [5.41, 5.74) is 0. The SMILES string of the molecule is [Ba+2].[Na+].[Na+].[Na+]. The average Bonchev–Trinajstić information content (AvgIpc) is 0. The van der Waals surface area contributed by atoms with Gasteiger partial charge in [0.2, 0.25) is 0 Å². The molecule has 0 aromatic heterocycles. The van der Waals surface area contributed by atoms with E-state index in [9.17, 15) is 0 Å². The smallest absolute Gasteiger partial charge is 1.00 e. The van der Waals surface area contributed by atoms with E-state index in [1.807, 2.05) is 0 Å². The van der Waals surface area contributed by atoms with Gasteiger partial charge in [-0.3, -0.25) is 0 Å². The first kappa shape index (κ1) is 23.5. The van der Waals surface area contributed by atoms with Crippen LogP contribution in [0.1, 0.15) is 0 Å². The summed E-state index contributed by atoms with van der Waals surface area (Å²) < 4.78 is 0. The Kier molecular flexibility index (Phi) is 92.0. The summed E-state index contributed by atoms with van der Waals surface area (Å²) >= 11 is 0. The number of hydrogen-bond donors (Lipinski definition) is 0. The van der Waals surface area contributed by atoms with E-state index >= 15 is 0 Å². The molecule has 0 nitrogen and oxygen atoms in total. The topological polar surface area (TPSA) is 0 Å². The third-order valence-corrected chi connectivity index (χ3v) is 0. The van der Waals surface area contributed by atoms with Crippen molar-refractivity contribution in [3.63, 3.8) is 0 Å². The maximum absolute atomic E-state index is 0. The van der Waals surface area contributed by atoms with Crippen LogP contribution in [0, 0.1) is 0 Å². The third-order valence-electron chi connectivity index (χ3n) is 0. The Bertz CT molecular complexity index is 3.25. The minimum Gasteiger partial charge on any atom is 1.00 e. The van der Waals surface area contributed by atoms with Gasteiger partial charge >= 0.3 is 138 Å². The molecule has 0 bridgehead atoms. The van der Waals surface area contributed by atoms with Crippen molar-refractivity contribution in [2.24, 2.45) is 0 Å². The molecule has 0 rings (SSSR count). The Hall–Kier alpha value is 4.57. The molecule has 0 aliphatic carbocycles. The first-order valence-electron chi connectivity index (χ1n) is 0. The predicted octanol–water partition coefficient (Wildman–Crippen LogP) is -9.37. The van der Waals surface area contributed by atoms with Crippen LogP contribution < -0.4 is 88.7 Å². The van der Waals surface area contributed by atoms with Gasteiger partial charge in [-0.2, -0.15) is 0 Å². The predicted molar refractivity (Wildman–Crippen MR) is 5.75 cm³/mol. The Morgan fingerprint density at radius 3 is 0.500 bits per heavy atom. The first-order chi connectivity index (χ1) is 0. The van der Waals surface area contributed by atoms with Gasteiger partial charge in [-0.1, -0.05) is 0 Å². The van der Waals surface area contributed by atoms with Crippen molar-refractivity contribution in [1.82, 2.24) is 0 Å². The molecular formula is BaNa3+5. The van der Waals surface area contributed by atoms with E-state index in [2.05, 4.69) is 0 Å². The summed E-state index contributed by atoms with van der Waals surface area (Å²) in [6.45, 7) is 0. The van der Waals surface area contributed by atoms with Crippen LogP contribution in [0.3, 0.4) is 0 Å². The minimum atomic E-state index is 0. The fourth-order valence-electron chi connectivity index (χ4n) is 0. The van der Waals surface area contributed by atoms with Gasteiger partial charge in [-0.25, -0.2) is 0 Å². The summed E-state index contributed by atoms with van der Waals surface area (Å²) in [6.07, 6.45) is 0. The van der Waals surface area contributed by atoms with Gasteiger partial charge in [-0.15, -0.1) is 0 Å². The van der Waals surface area contributed by atoms with Crippen molar-refractivity contribution in [2.75, 3.05) is 0 Å². The fraction of sp³-hybridized carbons (Fsp3) is 0. The van der Waals surface area contributed by atoms with E-state index in [0.717, 1.165) is 0 Å². The summed E-state index contributed by atoms with van der Waals surface area (Å²) in [6, 6.07) is 0. The van der Waals surface area contributed by atoms with Crippen molar-refractivity contribution in [3.8, 4) is 0 Å². The second-order valence-corrected chi connectivity index (χ2v) is 0. The second kappa shape index (κ2) is 15.6. The zero-order chi connectivity index (χ0) is 0. The van der Waals surface area contributed by atoms with Gasteiger partial charge in [0.25, 0.3) is 0 Å². The number of rotatable bonds is 0. The third kappa shape index (κ3) is 9.76. The Morgan fingerprint density at radius 2 is 0.500 bits per heavy atom. The largest absolute Gasteiger partial charge is 2.00 e. The second-order valence-electron chi connectivity index (χ2n) is 0. The van der Waals surface area contributed by atoms with Crippen LogP contribution in [0.2, 0.25) is 0 Å². The van der Waals surface area contributed by atoms with Crippen LogP contribution in [0.15, 0.2) is 0 Å². The molecule has 0 aromatic carbocycles. The zero-order valence-corrected chi connectivity index (χ0v) is 14.1. The van der Waals surface area contributed by atoms with E-state index in [4.69, 9.17) is 0 Å². The van der Waals surface area contributed by atoms with Crippen molar-refractivity contribution >= 4 is 48.9 Å². The molecule has 0 spiro atoms. The molecule has 0 aliphatic rings. The summed E-state index contributed by atoms with van der Waals surface area (Å²) in [5.74, 6) is 0. The molecule has 0 valence electrons. The summed E-state index contributed by atoms with van der Waals surface area (Å²) in [5, 5.41) is 0. The van der Waals surface area contributed by atoms with E-state index in [0.29, 0.717) is 0 Å². The first-order valence-corrected chi connectivity index (χ1v) is 0. The van der Waals surface area contributed by atoms with Crippen molar-refractivity contribution in [3.05, 3.63) is 0 Å².